The van der Waals surface area contributed by atoms with Crippen LogP contribution in [0, 0.1) is 0 Å². The molecule has 1 aromatic heterocycles. The van der Waals surface area contributed by atoms with Crippen molar-refractivity contribution >= 4 is 51.9 Å². The minimum absolute atomic E-state index is 0.250. The van der Waals surface area contributed by atoms with Crippen LogP contribution in [0.2, 0.25) is 10.0 Å². The van der Waals surface area contributed by atoms with Crippen molar-refractivity contribution < 1.29 is 19.1 Å². The maximum absolute atomic E-state index is 12.2. The van der Waals surface area contributed by atoms with E-state index in [0.29, 0.717) is 44.9 Å². The Kier molecular flexibility index (Phi) is 7.09. The number of carbonyl (C=O) groups excluding carboxylic acids is 2. The van der Waals surface area contributed by atoms with Crippen LogP contribution in [0.5, 0.6) is 11.5 Å². The largest absolute Gasteiger partial charge is 0.493 e. The lowest BCUT2D eigenvalue weighted by atomic mass is 10.1. The van der Waals surface area contributed by atoms with Crippen LogP contribution in [0.4, 0.5) is 5.13 Å². The summed E-state index contributed by atoms with van der Waals surface area (Å²) in [4.78, 5) is 28.3. The fourth-order valence-corrected chi connectivity index (χ4v) is 3.66. The SMILES string of the molecule is COc1ccc(C=O)cc1OCC(=O)Nc1ncc(Cc2ccc(Cl)c(Cl)c2)s1. The van der Waals surface area contributed by atoms with Gasteiger partial charge < -0.3 is 9.47 Å². The van der Waals surface area contributed by atoms with Gasteiger partial charge in [-0.1, -0.05) is 29.3 Å². The molecule has 0 fully saturated rings. The van der Waals surface area contributed by atoms with Crippen molar-refractivity contribution in [1.82, 2.24) is 4.98 Å². The summed E-state index contributed by atoms with van der Waals surface area (Å²) in [5.41, 5.74) is 1.42. The van der Waals surface area contributed by atoms with Crippen LogP contribution in [-0.4, -0.2) is 30.9 Å². The molecule has 150 valence electrons. The normalized spacial score (nSPS) is 10.4. The van der Waals surface area contributed by atoms with E-state index < -0.39 is 0 Å². The summed E-state index contributed by atoms with van der Waals surface area (Å²) < 4.78 is 10.7. The summed E-state index contributed by atoms with van der Waals surface area (Å²) in [5, 5.41) is 4.15. The van der Waals surface area contributed by atoms with Gasteiger partial charge in [-0.25, -0.2) is 4.98 Å². The van der Waals surface area contributed by atoms with Gasteiger partial charge in [-0.3, -0.25) is 14.9 Å². The van der Waals surface area contributed by atoms with Crippen molar-refractivity contribution in [2.24, 2.45) is 0 Å². The van der Waals surface area contributed by atoms with Crippen LogP contribution in [0.25, 0.3) is 0 Å². The van der Waals surface area contributed by atoms with Crippen LogP contribution < -0.4 is 14.8 Å². The fourth-order valence-electron chi connectivity index (χ4n) is 2.48. The lowest BCUT2D eigenvalue weighted by Gasteiger charge is -2.10. The zero-order chi connectivity index (χ0) is 20.8. The predicted octanol–water partition coefficient (Wildman–Crippen LogP) is 4.88. The molecule has 3 rings (SSSR count). The van der Waals surface area contributed by atoms with Crippen molar-refractivity contribution in [1.29, 1.82) is 0 Å². The van der Waals surface area contributed by atoms with Gasteiger partial charge in [0, 0.05) is 23.1 Å². The molecule has 0 aliphatic carbocycles. The number of anilines is 1. The molecule has 29 heavy (non-hydrogen) atoms. The van der Waals surface area contributed by atoms with E-state index >= 15 is 0 Å². The number of ether oxygens (including phenoxy) is 2. The number of aromatic nitrogens is 1. The van der Waals surface area contributed by atoms with Gasteiger partial charge in [-0.2, -0.15) is 0 Å². The van der Waals surface area contributed by atoms with E-state index in [4.69, 9.17) is 32.7 Å². The molecule has 2 aromatic carbocycles. The number of methoxy groups -OCH3 is 1. The van der Waals surface area contributed by atoms with Gasteiger partial charge in [0.25, 0.3) is 5.91 Å². The van der Waals surface area contributed by atoms with Crippen molar-refractivity contribution in [3.05, 3.63) is 68.6 Å². The molecule has 0 aliphatic rings. The third kappa shape index (κ3) is 5.69. The Morgan fingerprint density at radius 1 is 1.17 bits per heavy atom. The summed E-state index contributed by atoms with van der Waals surface area (Å²) >= 11 is 13.3. The van der Waals surface area contributed by atoms with E-state index in [1.54, 1.807) is 30.5 Å². The molecular weight excluding hydrogens is 435 g/mol. The lowest BCUT2D eigenvalue weighted by molar-refractivity contribution is -0.118. The molecule has 9 heteroatoms. The van der Waals surface area contributed by atoms with Gasteiger partial charge in [-0.15, -0.1) is 11.3 Å². The summed E-state index contributed by atoms with van der Waals surface area (Å²) in [5.74, 6) is 0.368. The highest BCUT2D eigenvalue weighted by atomic mass is 35.5. The molecule has 0 radical (unpaired) electrons. The number of benzene rings is 2. The molecule has 3 aromatic rings. The molecule has 0 bridgehead atoms. The summed E-state index contributed by atoms with van der Waals surface area (Å²) in [6.07, 6.45) is 3.01. The van der Waals surface area contributed by atoms with Crippen molar-refractivity contribution in [2.75, 3.05) is 19.0 Å². The van der Waals surface area contributed by atoms with E-state index in [0.717, 1.165) is 10.4 Å². The second-order valence-electron chi connectivity index (χ2n) is 5.92. The average Bonchev–Trinajstić information content (AvgIpc) is 3.15. The summed E-state index contributed by atoms with van der Waals surface area (Å²) in [6.45, 7) is -0.250. The Bertz CT molecular complexity index is 1040. The highest BCUT2D eigenvalue weighted by Gasteiger charge is 2.11. The number of thiazole rings is 1. The maximum Gasteiger partial charge on any atom is 0.264 e. The van der Waals surface area contributed by atoms with Crippen LogP contribution in [-0.2, 0) is 11.2 Å². The van der Waals surface area contributed by atoms with Gasteiger partial charge in [0.1, 0.15) is 6.29 Å². The van der Waals surface area contributed by atoms with Crippen LogP contribution in [0.1, 0.15) is 20.8 Å². The first-order chi connectivity index (χ1) is 14.0. The smallest absolute Gasteiger partial charge is 0.264 e. The Balaban J connectivity index is 1.58. The predicted molar refractivity (Wildman–Crippen MR) is 114 cm³/mol. The molecule has 1 amide bonds. The van der Waals surface area contributed by atoms with Gasteiger partial charge in [0.15, 0.2) is 23.2 Å². The van der Waals surface area contributed by atoms with Crippen molar-refractivity contribution in [2.45, 2.75) is 6.42 Å². The molecule has 0 saturated carbocycles. The van der Waals surface area contributed by atoms with Gasteiger partial charge in [-0.05, 0) is 35.9 Å². The molecule has 6 nitrogen and oxygen atoms in total. The number of nitrogens with zero attached hydrogens (tertiary/aromatic N) is 1. The number of carbonyl (C=O) groups is 2. The number of amides is 1. The van der Waals surface area contributed by atoms with Crippen molar-refractivity contribution in [3.63, 3.8) is 0 Å². The standard InChI is InChI=1S/C20H16Cl2N2O4S/c1-27-17-5-3-13(10-25)8-18(17)28-11-19(26)24-20-23-9-14(29-20)6-12-2-4-15(21)16(22)7-12/h2-5,7-10H,6,11H2,1H3,(H,23,24,26). The van der Waals surface area contributed by atoms with Crippen LogP contribution >= 0.6 is 34.5 Å². The quantitative estimate of drug-likeness (QED) is 0.494. The number of halogens is 2. The number of hydrogen-bond acceptors (Lipinski definition) is 6. The van der Waals surface area contributed by atoms with Gasteiger partial charge in [0.05, 0.1) is 17.2 Å². The molecule has 0 saturated heterocycles. The molecule has 0 unspecified atom stereocenters. The molecule has 0 spiro atoms. The number of aldehydes is 1. The van der Waals surface area contributed by atoms with Gasteiger partial charge in [0.2, 0.25) is 0 Å². The van der Waals surface area contributed by atoms with Crippen molar-refractivity contribution in [3.8, 4) is 11.5 Å². The molecule has 0 atom stereocenters. The third-order valence-corrected chi connectivity index (χ3v) is 5.50. The van der Waals surface area contributed by atoms with E-state index in [2.05, 4.69) is 10.3 Å². The Morgan fingerprint density at radius 2 is 2.00 bits per heavy atom. The van der Waals surface area contributed by atoms with E-state index in [-0.39, 0.29) is 12.5 Å². The second kappa shape index (κ2) is 9.73. The average molecular weight is 451 g/mol. The minimum Gasteiger partial charge on any atom is -0.493 e. The lowest BCUT2D eigenvalue weighted by Crippen LogP contribution is -2.20. The fraction of sp³-hybridized carbons (Fsp3) is 0.150. The number of hydrogen-bond donors (Lipinski definition) is 1. The van der Waals surface area contributed by atoms with E-state index in [9.17, 15) is 9.59 Å². The van der Waals surface area contributed by atoms with Crippen LogP contribution in [0.15, 0.2) is 42.6 Å². The minimum atomic E-state index is -0.376. The summed E-state index contributed by atoms with van der Waals surface area (Å²) in [6, 6.07) is 10.2. The highest BCUT2D eigenvalue weighted by Crippen LogP contribution is 2.28. The Morgan fingerprint density at radius 3 is 2.72 bits per heavy atom. The van der Waals surface area contributed by atoms with Gasteiger partial charge >= 0.3 is 0 Å². The third-order valence-electron chi connectivity index (χ3n) is 3.84. The molecule has 1 heterocycles. The Labute approximate surface area is 181 Å². The van der Waals surface area contributed by atoms with Crippen LogP contribution in [0.3, 0.4) is 0 Å². The highest BCUT2D eigenvalue weighted by molar-refractivity contribution is 7.15. The maximum atomic E-state index is 12.2. The molecule has 1 N–H and O–H groups in total. The molecular formula is C20H16Cl2N2O4S. The zero-order valence-electron chi connectivity index (χ0n) is 15.3. The molecule has 0 aliphatic heterocycles. The second-order valence-corrected chi connectivity index (χ2v) is 7.85. The zero-order valence-corrected chi connectivity index (χ0v) is 17.6. The van der Waals surface area contributed by atoms with E-state index in [1.165, 1.54) is 24.5 Å². The monoisotopic (exact) mass is 450 g/mol. The Hall–Kier alpha value is -2.61. The first-order valence-corrected chi connectivity index (χ1v) is 10.00. The topological polar surface area (TPSA) is 77.5 Å². The first kappa shape index (κ1) is 21.1. The summed E-state index contributed by atoms with van der Waals surface area (Å²) in [7, 11) is 1.48. The number of nitrogens with one attached hydrogen (secondary N) is 1. The number of rotatable bonds is 8. The first-order valence-electron chi connectivity index (χ1n) is 8.43. The van der Waals surface area contributed by atoms with E-state index in [1.807, 2.05) is 6.07 Å².